The Labute approximate surface area is 263 Å². The molecule has 3 N–H and O–H groups in total. The van der Waals surface area contributed by atoms with Gasteiger partial charge in [-0.15, -0.1) is 11.8 Å². The molecule has 44 heavy (non-hydrogen) atoms. The highest BCUT2D eigenvalue weighted by Gasteiger charge is 2.32. The number of methoxy groups -OCH3 is 4. The van der Waals surface area contributed by atoms with Crippen LogP contribution in [0.4, 0.5) is 0 Å². The van der Waals surface area contributed by atoms with E-state index in [1.807, 2.05) is 31.2 Å². The summed E-state index contributed by atoms with van der Waals surface area (Å²) < 4.78 is 61.7. The SMILES string of the molecule is CCCS(=O)(=O)c1cc([C@H]2CC[C@H](c3cc(OC)c(OC)c(OC)c3)O2)cc(OC)c1OCCSc1ccc(C(=N)N)cc1. The summed E-state index contributed by atoms with van der Waals surface area (Å²) in [7, 11) is 2.53. The topological polar surface area (TPSA) is 139 Å². The lowest BCUT2D eigenvalue weighted by molar-refractivity contribution is 0.0435. The van der Waals surface area contributed by atoms with Crippen molar-refractivity contribution in [2.24, 2.45) is 5.73 Å². The predicted octanol–water partition coefficient (Wildman–Crippen LogP) is 5.95. The minimum Gasteiger partial charge on any atom is -0.493 e. The van der Waals surface area contributed by atoms with Gasteiger partial charge in [-0.25, -0.2) is 8.42 Å². The van der Waals surface area contributed by atoms with Gasteiger partial charge in [-0.2, -0.15) is 0 Å². The van der Waals surface area contributed by atoms with Crippen LogP contribution in [-0.2, 0) is 14.6 Å². The average Bonchev–Trinajstić information content (AvgIpc) is 3.52. The standard InChI is InChI=1S/C32H40N2O8S2/c1-6-15-44(35,36)29-19-22(25-12-11-24(42-25)21-16-26(37-2)30(40-5)27(17-21)38-3)18-28(39-4)31(29)41-13-14-43-23-9-7-20(8-10-23)32(33)34/h7-10,16-19,24-25H,6,11-15H2,1-5H3,(H3,33,34)/t24-,25-/m1/s1. The molecule has 4 rings (SSSR count). The number of hydrogen-bond donors (Lipinski definition) is 2. The first-order valence-electron chi connectivity index (χ1n) is 14.3. The van der Waals surface area contributed by atoms with E-state index in [1.165, 1.54) is 7.11 Å². The van der Waals surface area contributed by atoms with E-state index in [9.17, 15) is 8.42 Å². The molecule has 1 fully saturated rings. The fourth-order valence-corrected chi connectivity index (χ4v) is 7.38. The largest absolute Gasteiger partial charge is 0.493 e. The molecule has 1 aliphatic rings. The van der Waals surface area contributed by atoms with E-state index in [-0.39, 0.29) is 41.0 Å². The molecule has 238 valence electrons. The molecule has 0 amide bonds. The van der Waals surface area contributed by atoms with Crippen LogP contribution in [0.5, 0.6) is 28.7 Å². The van der Waals surface area contributed by atoms with Crippen LogP contribution in [0.2, 0.25) is 0 Å². The molecule has 2 atom stereocenters. The first-order chi connectivity index (χ1) is 21.1. The van der Waals surface area contributed by atoms with Crippen LogP contribution in [0.25, 0.3) is 0 Å². The summed E-state index contributed by atoms with van der Waals surface area (Å²) in [6, 6.07) is 14.6. The molecule has 3 aromatic rings. The zero-order valence-corrected chi connectivity index (χ0v) is 27.3. The summed E-state index contributed by atoms with van der Waals surface area (Å²) >= 11 is 1.55. The Balaban J connectivity index is 1.56. The van der Waals surface area contributed by atoms with Gasteiger partial charge in [0.2, 0.25) is 5.75 Å². The van der Waals surface area contributed by atoms with Crippen molar-refractivity contribution >= 4 is 27.4 Å². The first-order valence-corrected chi connectivity index (χ1v) is 16.9. The molecule has 0 aliphatic carbocycles. The minimum atomic E-state index is -3.67. The van der Waals surface area contributed by atoms with E-state index in [4.69, 9.17) is 39.6 Å². The second-order valence-corrected chi connectivity index (χ2v) is 13.4. The van der Waals surface area contributed by atoms with Crippen LogP contribution in [0, 0.1) is 5.41 Å². The van der Waals surface area contributed by atoms with Crippen molar-refractivity contribution in [2.75, 3.05) is 46.6 Å². The monoisotopic (exact) mass is 644 g/mol. The molecular formula is C32H40N2O8S2. The van der Waals surface area contributed by atoms with E-state index < -0.39 is 9.84 Å². The quantitative estimate of drug-likeness (QED) is 0.0883. The van der Waals surface area contributed by atoms with Crippen LogP contribution >= 0.6 is 11.8 Å². The van der Waals surface area contributed by atoms with Crippen molar-refractivity contribution in [3.05, 3.63) is 65.2 Å². The van der Waals surface area contributed by atoms with Gasteiger partial charge >= 0.3 is 0 Å². The molecule has 0 saturated carbocycles. The highest BCUT2D eigenvalue weighted by Crippen LogP contribution is 2.48. The van der Waals surface area contributed by atoms with Crippen molar-refractivity contribution in [3.8, 4) is 28.7 Å². The van der Waals surface area contributed by atoms with Crippen LogP contribution in [0.3, 0.4) is 0 Å². The number of amidine groups is 1. The number of nitrogen functional groups attached to an aromatic ring is 1. The highest BCUT2D eigenvalue weighted by molar-refractivity contribution is 7.99. The Bertz CT molecular complexity index is 1540. The van der Waals surface area contributed by atoms with Gasteiger partial charge in [0.05, 0.1) is 53.0 Å². The molecule has 0 radical (unpaired) electrons. The molecule has 10 nitrogen and oxygen atoms in total. The van der Waals surface area contributed by atoms with Gasteiger partial charge in [-0.1, -0.05) is 19.1 Å². The number of rotatable bonds is 15. The summed E-state index contributed by atoms with van der Waals surface area (Å²) in [6.45, 7) is 2.09. The van der Waals surface area contributed by atoms with Gasteiger partial charge in [-0.3, -0.25) is 5.41 Å². The molecule has 0 bridgehead atoms. The Kier molecular flexibility index (Phi) is 11.3. The van der Waals surface area contributed by atoms with Crippen LogP contribution in [0.1, 0.15) is 55.1 Å². The maximum absolute atomic E-state index is 13.5. The molecule has 0 spiro atoms. The Hall–Kier alpha value is -3.61. The normalized spacial score (nSPS) is 16.4. The number of nitrogens with two attached hydrogens (primary N) is 1. The van der Waals surface area contributed by atoms with Gasteiger partial charge in [0.25, 0.3) is 0 Å². The van der Waals surface area contributed by atoms with Crippen molar-refractivity contribution in [3.63, 3.8) is 0 Å². The number of hydrogen-bond acceptors (Lipinski definition) is 10. The van der Waals surface area contributed by atoms with E-state index >= 15 is 0 Å². The third-order valence-corrected chi connectivity index (χ3v) is 10.2. The van der Waals surface area contributed by atoms with E-state index in [0.717, 1.165) is 10.5 Å². The number of benzene rings is 3. The number of thioether (sulfide) groups is 1. The molecule has 12 heteroatoms. The molecular weight excluding hydrogens is 604 g/mol. The maximum Gasteiger partial charge on any atom is 0.203 e. The van der Waals surface area contributed by atoms with Crippen molar-refractivity contribution in [1.29, 1.82) is 5.41 Å². The van der Waals surface area contributed by atoms with E-state index in [1.54, 1.807) is 57.4 Å². The molecule has 1 saturated heterocycles. The van der Waals surface area contributed by atoms with Crippen molar-refractivity contribution in [1.82, 2.24) is 0 Å². The second-order valence-electron chi connectivity index (χ2n) is 10.2. The minimum absolute atomic E-state index is 0.0148. The first kappa shape index (κ1) is 33.3. The number of ether oxygens (including phenoxy) is 6. The van der Waals surface area contributed by atoms with Gasteiger partial charge in [0.15, 0.2) is 32.8 Å². The maximum atomic E-state index is 13.5. The predicted molar refractivity (Wildman–Crippen MR) is 171 cm³/mol. The van der Waals surface area contributed by atoms with Crippen molar-refractivity contribution < 1.29 is 36.8 Å². The Morgan fingerprint density at radius 3 is 1.93 bits per heavy atom. The van der Waals surface area contributed by atoms with Crippen LogP contribution in [-0.4, -0.2) is 60.8 Å². The van der Waals surface area contributed by atoms with Crippen molar-refractivity contribution in [2.45, 2.75) is 48.2 Å². The summed E-state index contributed by atoms with van der Waals surface area (Å²) in [5.41, 5.74) is 7.78. The molecule has 1 aliphatic heterocycles. The zero-order chi connectivity index (χ0) is 31.9. The van der Waals surface area contributed by atoms with Crippen LogP contribution < -0.4 is 29.4 Å². The number of nitrogens with one attached hydrogen (secondary N) is 1. The van der Waals surface area contributed by atoms with Gasteiger partial charge in [0.1, 0.15) is 10.7 Å². The van der Waals surface area contributed by atoms with Gasteiger partial charge in [0, 0.05) is 16.2 Å². The smallest absolute Gasteiger partial charge is 0.203 e. The Morgan fingerprint density at radius 2 is 1.43 bits per heavy atom. The Morgan fingerprint density at radius 1 is 0.886 bits per heavy atom. The fraction of sp³-hybridized carbons (Fsp3) is 0.406. The summed E-state index contributed by atoms with van der Waals surface area (Å²) in [5, 5.41) is 7.54. The molecule has 3 aromatic carbocycles. The third kappa shape index (κ3) is 7.54. The van der Waals surface area contributed by atoms with E-state index in [0.29, 0.717) is 59.1 Å². The molecule has 1 heterocycles. The van der Waals surface area contributed by atoms with Crippen LogP contribution in [0.15, 0.2) is 58.3 Å². The lowest BCUT2D eigenvalue weighted by Gasteiger charge is -2.21. The second kappa shape index (κ2) is 14.9. The van der Waals surface area contributed by atoms with Gasteiger partial charge < -0.3 is 34.2 Å². The molecule has 0 unspecified atom stereocenters. The lowest BCUT2D eigenvalue weighted by Crippen LogP contribution is -2.13. The lowest BCUT2D eigenvalue weighted by atomic mass is 10.0. The van der Waals surface area contributed by atoms with E-state index in [2.05, 4.69) is 0 Å². The highest BCUT2D eigenvalue weighted by atomic mass is 32.2. The average molecular weight is 645 g/mol. The van der Waals surface area contributed by atoms with Gasteiger partial charge in [-0.05, 0) is 66.8 Å². The zero-order valence-electron chi connectivity index (χ0n) is 25.7. The molecule has 0 aromatic heterocycles. The fourth-order valence-electron chi connectivity index (χ4n) is 5.14. The summed E-state index contributed by atoms with van der Waals surface area (Å²) in [6.07, 6.45) is 1.24. The summed E-state index contributed by atoms with van der Waals surface area (Å²) in [5.74, 6) is 2.69. The summed E-state index contributed by atoms with van der Waals surface area (Å²) in [4.78, 5) is 1.09. The third-order valence-electron chi connectivity index (χ3n) is 7.28. The number of sulfone groups is 1.